The summed E-state index contributed by atoms with van der Waals surface area (Å²) in [5, 5.41) is 13.3. The number of hydrogen-bond donors (Lipinski definition) is 5. The molecule has 218 valence electrons. The average molecular weight is 594 g/mol. The molecule has 0 spiro atoms. The lowest BCUT2D eigenvalue weighted by molar-refractivity contribution is -0.189. The molecule has 0 heterocycles. The van der Waals surface area contributed by atoms with Crippen molar-refractivity contribution in [2.75, 3.05) is 23.4 Å². The largest absolute Gasteiger partial charge is 0.493 e. The number of rotatable bonds is 11. The van der Waals surface area contributed by atoms with Crippen LogP contribution < -0.4 is 30.6 Å². The number of alkyl halides is 3. The van der Waals surface area contributed by atoms with Crippen LogP contribution in [0, 0.1) is 5.41 Å². The summed E-state index contributed by atoms with van der Waals surface area (Å²) in [5.41, 5.74) is 6.58. The summed E-state index contributed by atoms with van der Waals surface area (Å²) >= 11 is 0. The minimum atomic E-state index is -5.35. The van der Waals surface area contributed by atoms with Crippen molar-refractivity contribution in [3.05, 3.63) is 83.4 Å². The van der Waals surface area contributed by atoms with Gasteiger partial charge in [0.15, 0.2) is 11.5 Å². The highest BCUT2D eigenvalue weighted by molar-refractivity contribution is 7.92. The van der Waals surface area contributed by atoms with Crippen LogP contribution in [0.5, 0.6) is 11.5 Å². The van der Waals surface area contributed by atoms with Crippen molar-refractivity contribution in [3.8, 4) is 11.5 Å². The number of halogens is 3. The van der Waals surface area contributed by atoms with E-state index in [0.29, 0.717) is 11.3 Å². The number of amides is 1. The molecule has 0 radical (unpaired) electrons. The minimum absolute atomic E-state index is 0.0692. The third kappa shape index (κ3) is 8.60. The molecule has 0 aliphatic carbocycles. The normalized spacial score (nSPS) is 12.1. The first-order valence-electron chi connectivity index (χ1n) is 11.7. The van der Waals surface area contributed by atoms with Crippen LogP contribution in [0.4, 0.5) is 24.5 Å². The third-order valence-corrected chi connectivity index (χ3v) is 6.05. The van der Waals surface area contributed by atoms with Crippen LogP contribution in [0.15, 0.2) is 66.7 Å². The Bertz CT molecular complexity index is 1530. The summed E-state index contributed by atoms with van der Waals surface area (Å²) in [7, 11) is -2.96. The summed E-state index contributed by atoms with van der Waals surface area (Å²) in [5.74, 6) is -4.52. The van der Waals surface area contributed by atoms with Crippen LogP contribution in [0.2, 0.25) is 0 Å². The zero-order valence-electron chi connectivity index (χ0n) is 21.7. The molecular weight excluding hydrogens is 567 g/mol. The Balaban J connectivity index is 2.12. The fourth-order valence-corrected chi connectivity index (χ4v) is 4.16. The lowest BCUT2D eigenvalue weighted by atomic mass is 10.0. The molecule has 15 heteroatoms. The molecule has 11 nitrogen and oxygen atoms in total. The van der Waals surface area contributed by atoms with Gasteiger partial charge in [0, 0.05) is 29.4 Å². The van der Waals surface area contributed by atoms with E-state index in [1.54, 1.807) is 30.3 Å². The number of anilines is 2. The van der Waals surface area contributed by atoms with Crippen LogP contribution in [0.3, 0.4) is 0 Å². The molecule has 1 amide bonds. The fourth-order valence-electron chi connectivity index (χ4n) is 3.58. The SMILES string of the molecule is COc1cc(C(Nc2ccc(C(=N)N)cc2)C(=O)NCc2ccccc2)c(NS(C)(=O)=O)cc1OC(=O)C(F)(F)F. The highest BCUT2D eigenvalue weighted by atomic mass is 32.2. The lowest BCUT2D eigenvalue weighted by Crippen LogP contribution is -2.34. The number of nitrogens with two attached hydrogens (primary N) is 1. The maximum atomic E-state index is 13.5. The molecule has 0 fully saturated rings. The Labute approximate surface area is 233 Å². The second kappa shape index (κ2) is 12.6. The molecular formula is C26H26F3N5O6S. The molecule has 41 heavy (non-hydrogen) atoms. The van der Waals surface area contributed by atoms with Crippen LogP contribution in [-0.4, -0.2) is 45.7 Å². The Morgan fingerprint density at radius 2 is 1.66 bits per heavy atom. The number of methoxy groups -OCH3 is 1. The van der Waals surface area contributed by atoms with E-state index in [9.17, 15) is 31.2 Å². The smallest absolute Gasteiger partial charge is 0.491 e. The van der Waals surface area contributed by atoms with Gasteiger partial charge in [-0.25, -0.2) is 13.2 Å². The molecule has 0 aromatic heterocycles. The zero-order chi connectivity index (χ0) is 30.4. The van der Waals surface area contributed by atoms with E-state index < -0.39 is 39.9 Å². The van der Waals surface area contributed by atoms with Gasteiger partial charge in [-0.05, 0) is 35.9 Å². The van der Waals surface area contributed by atoms with Crippen molar-refractivity contribution in [1.29, 1.82) is 5.41 Å². The van der Waals surface area contributed by atoms with Crippen LogP contribution >= 0.6 is 0 Å². The number of hydrogen-bond acceptors (Lipinski definition) is 8. The van der Waals surface area contributed by atoms with Gasteiger partial charge >= 0.3 is 12.1 Å². The number of ether oxygens (including phenoxy) is 2. The lowest BCUT2D eigenvalue weighted by Gasteiger charge is -2.24. The first kappa shape index (κ1) is 30.7. The Morgan fingerprint density at radius 1 is 1.02 bits per heavy atom. The van der Waals surface area contributed by atoms with Gasteiger partial charge in [0.2, 0.25) is 15.9 Å². The summed E-state index contributed by atoms with van der Waals surface area (Å²) in [6.07, 6.45) is -4.55. The number of carbonyl (C=O) groups is 2. The maximum Gasteiger partial charge on any atom is 0.491 e. The quantitative estimate of drug-likeness (QED) is 0.0975. The minimum Gasteiger partial charge on any atom is -0.493 e. The fraction of sp³-hybridized carbons (Fsp3) is 0.192. The average Bonchev–Trinajstić information content (AvgIpc) is 2.90. The van der Waals surface area contributed by atoms with E-state index in [4.69, 9.17) is 15.9 Å². The zero-order valence-corrected chi connectivity index (χ0v) is 22.5. The monoisotopic (exact) mass is 593 g/mol. The molecule has 1 atom stereocenters. The standard InChI is InChI=1S/C26H26F3N5O6S/c1-39-20-12-18(19(34-41(2,37)38)13-21(20)40-25(36)26(27,28)29)22(24(35)32-14-15-6-4-3-5-7-15)33-17-10-8-16(9-11-17)23(30)31/h3-13,22,33-34H,14H2,1-2H3,(H3,30,31)(H,32,35). The molecule has 0 aliphatic heterocycles. The second-order valence-electron chi connectivity index (χ2n) is 8.62. The van der Waals surface area contributed by atoms with E-state index in [-0.39, 0.29) is 29.4 Å². The summed E-state index contributed by atoms with van der Waals surface area (Å²) < 4.78 is 74.7. The number of nitrogens with one attached hydrogen (secondary N) is 4. The predicted molar refractivity (Wildman–Crippen MR) is 145 cm³/mol. The molecule has 3 aromatic carbocycles. The van der Waals surface area contributed by atoms with Gasteiger partial charge in [-0.1, -0.05) is 30.3 Å². The molecule has 3 rings (SSSR count). The molecule has 1 unspecified atom stereocenters. The van der Waals surface area contributed by atoms with Crippen molar-refractivity contribution in [3.63, 3.8) is 0 Å². The van der Waals surface area contributed by atoms with Gasteiger partial charge in [-0.15, -0.1) is 0 Å². The van der Waals surface area contributed by atoms with E-state index in [1.165, 1.54) is 24.3 Å². The van der Waals surface area contributed by atoms with E-state index in [1.807, 2.05) is 0 Å². The highest BCUT2D eigenvalue weighted by Crippen LogP contribution is 2.39. The van der Waals surface area contributed by atoms with Crippen molar-refractivity contribution in [2.45, 2.75) is 18.8 Å². The van der Waals surface area contributed by atoms with E-state index in [0.717, 1.165) is 31.1 Å². The Kier molecular flexibility index (Phi) is 9.44. The third-order valence-electron chi connectivity index (χ3n) is 5.45. The molecule has 6 N–H and O–H groups in total. The summed E-state index contributed by atoms with van der Waals surface area (Å²) in [6.45, 7) is 0.0916. The van der Waals surface area contributed by atoms with Gasteiger partial charge in [-0.3, -0.25) is 14.9 Å². The van der Waals surface area contributed by atoms with Gasteiger partial charge in [0.05, 0.1) is 19.1 Å². The number of esters is 1. The highest BCUT2D eigenvalue weighted by Gasteiger charge is 2.42. The molecule has 0 saturated carbocycles. The predicted octanol–water partition coefficient (Wildman–Crippen LogP) is 3.29. The summed E-state index contributed by atoms with van der Waals surface area (Å²) in [6, 6.07) is 15.5. The van der Waals surface area contributed by atoms with Crippen molar-refractivity contribution >= 4 is 39.1 Å². The maximum absolute atomic E-state index is 13.5. The van der Waals surface area contributed by atoms with E-state index in [2.05, 4.69) is 20.1 Å². The Morgan fingerprint density at radius 3 is 2.20 bits per heavy atom. The topological polar surface area (TPSA) is 173 Å². The van der Waals surface area contributed by atoms with Crippen molar-refractivity contribution in [2.24, 2.45) is 5.73 Å². The number of nitrogen functional groups attached to an aromatic ring is 1. The van der Waals surface area contributed by atoms with Crippen molar-refractivity contribution < 1.29 is 40.7 Å². The van der Waals surface area contributed by atoms with Gasteiger partial charge in [0.1, 0.15) is 11.9 Å². The van der Waals surface area contributed by atoms with Crippen molar-refractivity contribution in [1.82, 2.24) is 5.32 Å². The molecule has 0 bridgehead atoms. The Hall–Kier alpha value is -4.79. The van der Waals surface area contributed by atoms with Gasteiger partial charge < -0.3 is 25.8 Å². The first-order valence-corrected chi connectivity index (χ1v) is 13.6. The van der Waals surface area contributed by atoms with Gasteiger partial charge in [0.25, 0.3) is 0 Å². The van der Waals surface area contributed by atoms with Gasteiger partial charge in [-0.2, -0.15) is 13.2 Å². The molecule has 0 aliphatic rings. The molecule has 3 aromatic rings. The first-order chi connectivity index (χ1) is 19.2. The van der Waals surface area contributed by atoms with Crippen LogP contribution in [0.1, 0.15) is 22.7 Å². The number of benzene rings is 3. The van der Waals surface area contributed by atoms with E-state index >= 15 is 0 Å². The number of carbonyl (C=O) groups excluding carboxylic acids is 2. The molecule has 0 saturated heterocycles. The second-order valence-corrected chi connectivity index (χ2v) is 10.4. The van der Waals surface area contributed by atoms with Crippen LogP contribution in [-0.2, 0) is 26.2 Å². The summed E-state index contributed by atoms with van der Waals surface area (Å²) in [4.78, 5) is 25.0. The number of sulfonamides is 1. The van der Waals surface area contributed by atoms with Crippen LogP contribution in [0.25, 0.3) is 0 Å². The number of amidine groups is 1.